The Labute approximate surface area is 144 Å². The third-order valence-electron chi connectivity index (χ3n) is 4.49. The number of piperidine rings is 1. The lowest BCUT2D eigenvalue weighted by Crippen LogP contribution is -2.39. The van der Waals surface area contributed by atoms with E-state index in [9.17, 15) is 14.7 Å². The van der Waals surface area contributed by atoms with Crippen LogP contribution in [-0.4, -0.2) is 27.8 Å². The second-order valence-corrected chi connectivity index (χ2v) is 8.40. The maximum Gasteiger partial charge on any atom is 0.407 e. The van der Waals surface area contributed by atoms with Crippen LogP contribution in [0, 0.1) is 0 Å². The fourth-order valence-corrected chi connectivity index (χ4v) is 4.35. The number of carboxylic acid groups (broad SMARTS) is 1. The third-order valence-corrected chi connectivity index (χ3v) is 6.10. The van der Waals surface area contributed by atoms with E-state index in [1.54, 1.807) is 11.3 Å². The van der Waals surface area contributed by atoms with Crippen LogP contribution in [0.4, 0.5) is 4.79 Å². The second kappa shape index (κ2) is 6.12. The first-order chi connectivity index (χ1) is 11.3. The molecule has 1 amide bonds. The normalized spacial score (nSPS) is 21.9. The molecule has 2 aromatic rings. The molecular formula is C17H22N2O4S. The molecule has 3 rings (SSSR count). The van der Waals surface area contributed by atoms with Crippen molar-refractivity contribution < 1.29 is 14.4 Å². The fraction of sp³-hybridized carbons (Fsp3) is 0.529. The van der Waals surface area contributed by atoms with Crippen molar-refractivity contribution in [2.45, 2.75) is 51.0 Å². The average molecular weight is 350 g/mol. The number of carbonyl (C=O) groups is 1. The molecule has 1 saturated heterocycles. The van der Waals surface area contributed by atoms with Gasteiger partial charge in [-0.15, -0.1) is 11.3 Å². The van der Waals surface area contributed by atoms with Crippen molar-refractivity contribution in [1.82, 2.24) is 10.1 Å². The molecule has 0 bridgehead atoms. The number of aromatic amines is 1. The molecule has 2 aromatic heterocycles. The SMILES string of the molecule is CC(C)(C)c1ccc(C2CC(c3cc(=O)[nH]o3)CCN2C(=O)O)s1. The van der Waals surface area contributed by atoms with Crippen LogP contribution in [0.25, 0.3) is 0 Å². The maximum atomic E-state index is 11.6. The number of thiophene rings is 1. The first kappa shape index (κ1) is 16.8. The minimum absolute atomic E-state index is 0.0401. The monoisotopic (exact) mass is 350 g/mol. The number of rotatable bonds is 2. The number of H-pyrrole nitrogens is 1. The number of nitrogens with one attached hydrogen (secondary N) is 1. The zero-order valence-corrected chi connectivity index (χ0v) is 14.9. The maximum absolute atomic E-state index is 11.6. The van der Waals surface area contributed by atoms with E-state index in [1.807, 2.05) is 6.07 Å². The number of hydrogen-bond donors (Lipinski definition) is 2. The summed E-state index contributed by atoms with van der Waals surface area (Å²) in [5.74, 6) is 0.660. The Balaban J connectivity index is 1.89. The van der Waals surface area contributed by atoms with Gasteiger partial charge in [0.25, 0.3) is 5.56 Å². The number of likely N-dealkylation sites (tertiary alicyclic amines) is 1. The topological polar surface area (TPSA) is 86.5 Å². The number of amides is 1. The Kier molecular flexibility index (Phi) is 4.29. The van der Waals surface area contributed by atoms with Crippen LogP contribution in [-0.2, 0) is 5.41 Å². The van der Waals surface area contributed by atoms with E-state index in [0.29, 0.717) is 25.1 Å². The Morgan fingerprint density at radius 2 is 2.17 bits per heavy atom. The van der Waals surface area contributed by atoms with Gasteiger partial charge < -0.3 is 14.5 Å². The lowest BCUT2D eigenvalue weighted by Gasteiger charge is -2.36. The van der Waals surface area contributed by atoms with Crippen LogP contribution in [0.15, 0.2) is 27.5 Å². The van der Waals surface area contributed by atoms with Crippen LogP contribution >= 0.6 is 11.3 Å². The molecule has 2 atom stereocenters. The van der Waals surface area contributed by atoms with Crippen LogP contribution in [0.2, 0.25) is 0 Å². The molecule has 2 N–H and O–H groups in total. The smallest absolute Gasteiger partial charge is 0.407 e. The van der Waals surface area contributed by atoms with Gasteiger partial charge >= 0.3 is 6.09 Å². The summed E-state index contributed by atoms with van der Waals surface area (Å²) in [6, 6.07) is 5.37. The summed E-state index contributed by atoms with van der Waals surface area (Å²) in [6.45, 7) is 6.88. The van der Waals surface area contributed by atoms with E-state index in [2.05, 4.69) is 32.0 Å². The number of aromatic nitrogens is 1. The highest BCUT2D eigenvalue weighted by molar-refractivity contribution is 7.12. The zero-order valence-electron chi connectivity index (χ0n) is 14.0. The van der Waals surface area contributed by atoms with Crippen molar-refractivity contribution in [3.63, 3.8) is 0 Å². The van der Waals surface area contributed by atoms with Gasteiger partial charge in [-0.3, -0.25) is 4.79 Å². The molecule has 2 unspecified atom stereocenters. The van der Waals surface area contributed by atoms with Gasteiger partial charge in [0.05, 0.1) is 6.04 Å². The molecule has 0 aliphatic carbocycles. The van der Waals surface area contributed by atoms with Crippen LogP contribution in [0.1, 0.15) is 61.1 Å². The average Bonchev–Trinajstić information content (AvgIpc) is 3.15. The molecule has 0 radical (unpaired) electrons. The van der Waals surface area contributed by atoms with Crippen molar-refractivity contribution >= 4 is 17.4 Å². The lowest BCUT2D eigenvalue weighted by atomic mass is 9.88. The highest BCUT2D eigenvalue weighted by atomic mass is 32.1. The summed E-state index contributed by atoms with van der Waals surface area (Å²) in [5, 5.41) is 11.9. The first-order valence-electron chi connectivity index (χ1n) is 8.04. The third kappa shape index (κ3) is 3.26. The molecule has 3 heterocycles. The number of nitrogens with zero attached hydrogens (tertiary/aromatic N) is 1. The minimum Gasteiger partial charge on any atom is -0.465 e. The summed E-state index contributed by atoms with van der Waals surface area (Å²) in [4.78, 5) is 26.7. The highest BCUT2D eigenvalue weighted by Gasteiger charge is 2.36. The summed E-state index contributed by atoms with van der Waals surface area (Å²) >= 11 is 1.66. The molecule has 1 aliphatic heterocycles. The van der Waals surface area contributed by atoms with Gasteiger partial charge in [-0.2, -0.15) is 5.16 Å². The second-order valence-electron chi connectivity index (χ2n) is 7.28. The molecule has 7 heteroatoms. The fourth-order valence-electron chi connectivity index (χ4n) is 3.16. The summed E-state index contributed by atoms with van der Waals surface area (Å²) in [6.07, 6.45) is 0.373. The molecule has 1 aliphatic rings. The van der Waals surface area contributed by atoms with Gasteiger partial charge in [0, 0.05) is 28.3 Å². The van der Waals surface area contributed by atoms with Crippen molar-refractivity contribution in [2.75, 3.05) is 6.54 Å². The Bertz CT molecular complexity index is 783. The molecule has 130 valence electrons. The zero-order chi connectivity index (χ0) is 17.5. The Morgan fingerprint density at radius 3 is 2.71 bits per heavy atom. The predicted octanol–water partition coefficient (Wildman–Crippen LogP) is 3.93. The van der Waals surface area contributed by atoms with E-state index >= 15 is 0 Å². The van der Waals surface area contributed by atoms with Crippen molar-refractivity contribution in [3.8, 4) is 0 Å². The van der Waals surface area contributed by atoms with Gasteiger partial charge in [-0.1, -0.05) is 20.8 Å². The number of hydrogen-bond acceptors (Lipinski definition) is 4. The predicted molar refractivity (Wildman–Crippen MR) is 91.8 cm³/mol. The molecule has 0 aromatic carbocycles. The van der Waals surface area contributed by atoms with E-state index < -0.39 is 6.09 Å². The van der Waals surface area contributed by atoms with Crippen LogP contribution in [0.3, 0.4) is 0 Å². The highest BCUT2D eigenvalue weighted by Crippen LogP contribution is 2.42. The quantitative estimate of drug-likeness (QED) is 0.859. The standard InChI is InChI=1S/C17H22N2O4S/c1-17(2,3)14-5-4-13(24-14)11-8-10(6-7-19(11)16(21)22)12-9-15(20)18-23-12/h4-5,9-11H,6-8H2,1-3H3,(H,18,20)(H,21,22). The summed E-state index contributed by atoms with van der Waals surface area (Å²) in [5.41, 5.74) is -0.216. The first-order valence-corrected chi connectivity index (χ1v) is 8.85. The molecule has 0 saturated carbocycles. The molecule has 24 heavy (non-hydrogen) atoms. The van der Waals surface area contributed by atoms with E-state index in [-0.39, 0.29) is 22.9 Å². The Morgan fingerprint density at radius 1 is 1.42 bits per heavy atom. The van der Waals surface area contributed by atoms with Gasteiger partial charge in [-0.05, 0) is 30.4 Å². The van der Waals surface area contributed by atoms with Crippen LogP contribution < -0.4 is 5.56 Å². The molecule has 6 nitrogen and oxygen atoms in total. The van der Waals surface area contributed by atoms with Gasteiger partial charge in [-0.25, -0.2) is 4.79 Å². The van der Waals surface area contributed by atoms with Crippen LogP contribution in [0.5, 0.6) is 0 Å². The van der Waals surface area contributed by atoms with Crippen molar-refractivity contribution in [1.29, 1.82) is 0 Å². The van der Waals surface area contributed by atoms with Crippen molar-refractivity contribution in [2.24, 2.45) is 0 Å². The van der Waals surface area contributed by atoms with E-state index in [4.69, 9.17) is 4.52 Å². The minimum atomic E-state index is -0.903. The van der Waals surface area contributed by atoms with Gasteiger partial charge in [0.2, 0.25) is 0 Å². The van der Waals surface area contributed by atoms with E-state index in [1.165, 1.54) is 15.8 Å². The molecular weight excluding hydrogens is 328 g/mol. The van der Waals surface area contributed by atoms with E-state index in [0.717, 1.165) is 4.88 Å². The lowest BCUT2D eigenvalue weighted by molar-refractivity contribution is 0.0980. The molecule has 0 spiro atoms. The molecule has 1 fully saturated rings. The summed E-state index contributed by atoms with van der Waals surface area (Å²) < 4.78 is 5.24. The van der Waals surface area contributed by atoms with Crippen molar-refractivity contribution in [3.05, 3.63) is 44.1 Å². The van der Waals surface area contributed by atoms with Gasteiger partial charge in [0.15, 0.2) is 0 Å². The Hall–Kier alpha value is -2.02. The summed E-state index contributed by atoms with van der Waals surface area (Å²) in [7, 11) is 0. The van der Waals surface area contributed by atoms with Gasteiger partial charge in [0.1, 0.15) is 5.76 Å². The largest absolute Gasteiger partial charge is 0.465 e.